The fourth-order valence-electron chi connectivity index (χ4n) is 2.94. The summed E-state index contributed by atoms with van der Waals surface area (Å²) in [6, 6.07) is 8.42. The third-order valence-electron chi connectivity index (χ3n) is 4.18. The zero-order valence-corrected chi connectivity index (χ0v) is 12.5. The second kappa shape index (κ2) is 8.78. The highest BCUT2D eigenvalue weighted by Crippen LogP contribution is 2.16. The van der Waals surface area contributed by atoms with E-state index in [1.165, 1.54) is 56.1 Å². The van der Waals surface area contributed by atoms with Crippen molar-refractivity contribution in [3.05, 3.63) is 40.6 Å². The summed E-state index contributed by atoms with van der Waals surface area (Å²) in [5.41, 5.74) is 2.56. The largest absolute Gasteiger partial charge is 0.624 e. The highest BCUT2D eigenvalue weighted by Gasteiger charge is 2.06. The Labute approximate surface area is 123 Å². The number of nitrogens with zero attached hydrogens (tertiary/aromatic N) is 1. The van der Waals surface area contributed by atoms with Gasteiger partial charge < -0.3 is 5.21 Å². The Balaban J connectivity index is 2.02. The molecule has 0 aliphatic carbocycles. The van der Waals surface area contributed by atoms with Crippen LogP contribution in [0.15, 0.2) is 24.3 Å². The third kappa shape index (κ3) is 5.36. The molecule has 0 bridgehead atoms. The molecule has 0 radical (unpaired) electrons. The van der Waals surface area contributed by atoms with Gasteiger partial charge in [-0.2, -0.15) is 0 Å². The maximum absolute atomic E-state index is 11.9. The third-order valence-corrected chi connectivity index (χ3v) is 4.18. The first kappa shape index (κ1) is 15.1. The maximum atomic E-state index is 11.9. The Bertz CT molecular complexity index is 425. The van der Waals surface area contributed by atoms with E-state index < -0.39 is 0 Å². The van der Waals surface area contributed by atoms with Gasteiger partial charge in [-0.25, -0.2) is 4.74 Å². The molecule has 0 spiro atoms. The van der Waals surface area contributed by atoms with Gasteiger partial charge in [0.15, 0.2) is 12.8 Å². The first-order chi connectivity index (χ1) is 9.86. The minimum atomic E-state index is 0.510. The molecule has 1 aliphatic heterocycles. The lowest BCUT2D eigenvalue weighted by Crippen LogP contribution is -2.07. The Morgan fingerprint density at radius 1 is 0.750 bits per heavy atom. The summed E-state index contributed by atoms with van der Waals surface area (Å²) in [5.74, 6) is 0. The predicted molar refractivity (Wildman–Crippen MR) is 85.1 cm³/mol. The van der Waals surface area contributed by atoms with Gasteiger partial charge in [-0.05, 0) is 24.8 Å². The second-order valence-electron chi connectivity index (χ2n) is 5.89. The highest BCUT2D eigenvalue weighted by molar-refractivity contribution is 5.51. The summed E-state index contributed by atoms with van der Waals surface area (Å²) in [6.07, 6.45) is 14.3. The minimum absolute atomic E-state index is 0.510. The van der Waals surface area contributed by atoms with Crippen LogP contribution in [-0.4, -0.2) is 11.0 Å². The lowest BCUT2D eigenvalue weighted by atomic mass is 10.0. The van der Waals surface area contributed by atoms with E-state index >= 15 is 0 Å². The van der Waals surface area contributed by atoms with Gasteiger partial charge in [-0.3, -0.25) is 0 Å². The molecule has 0 atom stereocenters. The van der Waals surface area contributed by atoms with E-state index in [-0.39, 0.29) is 0 Å². The summed E-state index contributed by atoms with van der Waals surface area (Å²) in [4.78, 5) is 0. The fraction of sp³-hybridized carbons (Fsp3) is 0.611. The smallest absolute Gasteiger partial charge is 0.178 e. The number of hydrogen-bond acceptors (Lipinski definition) is 1. The molecule has 1 aromatic rings. The van der Waals surface area contributed by atoms with Crippen molar-refractivity contribution in [2.45, 2.75) is 70.8 Å². The van der Waals surface area contributed by atoms with Crippen molar-refractivity contribution >= 4 is 6.21 Å². The number of rotatable bonds is 0. The van der Waals surface area contributed by atoms with Crippen LogP contribution in [0.1, 0.15) is 68.9 Å². The van der Waals surface area contributed by atoms with Crippen molar-refractivity contribution in [1.29, 1.82) is 0 Å². The van der Waals surface area contributed by atoms with E-state index in [2.05, 4.69) is 18.2 Å². The van der Waals surface area contributed by atoms with Gasteiger partial charge in [0.1, 0.15) is 0 Å². The quantitative estimate of drug-likeness (QED) is 0.491. The second-order valence-corrected chi connectivity index (χ2v) is 5.89. The molecule has 0 saturated heterocycles. The van der Waals surface area contributed by atoms with Gasteiger partial charge in [0.25, 0.3) is 0 Å². The van der Waals surface area contributed by atoms with Crippen LogP contribution in [-0.2, 0) is 13.0 Å². The Morgan fingerprint density at radius 3 is 2.10 bits per heavy atom. The summed E-state index contributed by atoms with van der Waals surface area (Å²) in [5, 5.41) is 11.9. The molecule has 0 saturated carbocycles. The molecular formula is C18H27NO. The topological polar surface area (TPSA) is 26.1 Å². The number of fused-ring (bicyclic) bond motifs is 1. The van der Waals surface area contributed by atoms with Crippen molar-refractivity contribution in [3.8, 4) is 0 Å². The van der Waals surface area contributed by atoms with E-state index in [0.717, 1.165) is 24.0 Å². The monoisotopic (exact) mass is 273 g/mol. The van der Waals surface area contributed by atoms with E-state index in [0.29, 0.717) is 6.54 Å². The van der Waals surface area contributed by atoms with E-state index in [1.807, 2.05) is 12.3 Å². The molecule has 1 aliphatic rings. The predicted octanol–water partition coefficient (Wildman–Crippen LogP) is 4.83. The van der Waals surface area contributed by atoms with Gasteiger partial charge in [0.05, 0.1) is 0 Å². The van der Waals surface area contributed by atoms with Crippen LogP contribution in [0.2, 0.25) is 0 Å². The summed E-state index contributed by atoms with van der Waals surface area (Å²) >= 11 is 0. The van der Waals surface area contributed by atoms with Crippen molar-refractivity contribution < 1.29 is 4.74 Å². The van der Waals surface area contributed by atoms with Crippen LogP contribution in [0.5, 0.6) is 0 Å². The molecule has 0 N–H and O–H groups in total. The molecule has 110 valence electrons. The lowest BCUT2D eigenvalue weighted by Gasteiger charge is -2.09. The van der Waals surface area contributed by atoms with Crippen LogP contribution in [0.25, 0.3) is 0 Å². The number of hydrogen-bond donors (Lipinski definition) is 0. The SMILES string of the molecule is [O-]/[N+]1=C/CCCCCCCCCCc2ccccc2C1. The standard InChI is InChI=1S/C18H27NO/c20-19-15-11-7-5-3-1-2-4-6-8-12-17-13-9-10-14-18(17)16-19/h9-10,13-15H,1-8,11-12,16H2/b19-15+. The molecular weight excluding hydrogens is 246 g/mol. The number of benzene rings is 1. The molecule has 1 heterocycles. The number of aryl methyl sites for hydroxylation is 1. The first-order valence-corrected chi connectivity index (χ1v) is 8.20. The molecule has 0 unspecified atom stereocenters. The average molecular weight is 273 g/mol. The lowest BCUT2D eigenvalue weighted by molar-refractivity contribution is -0.471. The highest BCUT2D eigenvalue weighted by atomic mass is 16.5. The van der Waals surface area contributed by atoms with Crippen LogP contribution in [0.3, 0.4) is 0 Å². The van der Waals surface area contributed by atoms with Crippen LogP contribution < -0.4 is 0 Å². The van der Waals surface area contributed by atoms with E-state index in [4.69, 9.17) is 0 Å². The minimum Gasteiger partial charge on any atom is -0.624 e. The van der Waals surface area contributed by atoms with E-state index in [9.17, 15) is 5.21 Å². The molecule has 2 rings (SSSR count). The van der Waals surface area contributed by atoms with Gasteiger partial charge in [0.2, 0.25) is 0 Å². The summed E-state index contributed by atoms with van der Waals surface area (Å²) in [6.45, 7) is 0.510. The van der Waals surface area contributed by atoms with Crippen molar-refractivity contribution in [1.82, 2.24) is 0 Å². The Morgan fingerprint density at radius 2 is 1.35 bits per heavy atom. The van der Waals surface area contributed by atoms with Crippen LogP contribution in [0, 0.1) is 5.21 Å². The van der Waals surface area contributed by atoms with Gasteiger partial charge >= 0.3 is 0 Å². The fourth-order valence-corrected chi connectivity index (χ4v) is 2.94. The van der Waals surface area contributed by atoms with Crippen molar-refractivity contribution in [2.24, 2.45) is 0 Å². The van der Waals surface area contributed by atoms with Gasteiger partial charge in [0, 0.05) is 12.0 Å². The zero-order chi connectivity index (χ0) is 14.0. The molecule has 2 heteroatoms. The Kier molecular flexibility index (Phi) is 6.62. The maximum Gasteiger partial charge on any atom is 0.178 e. The first-order valence-electron chi connectivity index (χ1n) is 8.20. The summed E-state index contributed by atoms with van der Waals surface area (Å²) < 4.78 is 1.12. The number of hydroxylamine groups is 1. The molecule has 0 amide bonds. The van der Waals surface area contributed by atoms with Crippen molar-refractivity contribution in [3.63, 3.8) is 0 Å². The molecule has 0 fully saturated rings. The van der Waals surface area contributed by atoms with Crippen LogP contribution >= 0.6 is 0 Å². The summed E-state index contributed by atoms with van der Waals surface area (Å²) in [7, 11) is 0. The van der Waals surface area contributed by atoms with Crippen LogP contribution in [0.4, 0.5) is 0 Å². The van der Waals surface area contributed by atoms with Gasteiger partial charge in [-0.1, -0.05) is 62.8 Å². The zero-order valence-electron chi connectivity index (χ0n) is 12.5. The molecule has 2 nitrogen and oxygen atoms in total. The van der Waals surface area contributed by atoms with E-state index in [1.54, 1.807) is 0 Å². The van der Waals surface area contributed by atoms with Crippen molar-refractivity contribution in [2.75, 3.05) is 0 Å². The average Bonchev–Trinajstić information content (AvgIpc) is 2.46. The molecule has 0 aromatic heterocycles. The van der Waals surface area contributed by atoms with Gasteiger partial charge in [-0.15, -0.1) is 0 Å². The normalized spacial score (nSPS) is 21.9. The molecule has 20 heavy (non-hydrogen) atoms. The molecule has 1 aromatic carbocycles. The Hall–Kier alpha value is -1.31.